The van der Waals surface area contributed by atoms with Crippen molar-refractivity contribution in [3.8, 4) is 28.7 Å². The maximum absolute atomic E-state index is 12.6. The van der Waals surface area contributed by atoms with Crippen LogP contribution in [0.4, 0.5) is 0 Å². The third-order valence-corrected chi connectivity index (χ3v) is 5.16. The third-order valence-electron chi connectivity index (χ3n) is 3.89. The van der Waals surface area contributed by atoms with Crippen molar-refractivity contribution in [2.75, 3.05) is 35.5 Å². The molecule has 0 aliphatic heterocycles. The molecule has 0 heterocycles. The predicted molar refractivity (Wildman–Crippen MR) is 103 cm³/mol. The van der Waals surface area contributed by atoms with Gasteiger partial charge in [0.05, 0.1) is 35.5 Å². The number of rotatable bonds is 9. The van der Waals surface area contributed by atoms with Crippen LogP contribution in [0.25, 0.3) is 0 Å². The highest BCUT2D eigenvalue weighted by Crippen LogP contribution is 2.38. The molecule has 0 radical (unpaired) electrons. The molecule has 2 aromatic rings. The summed E-state index contributed by atoms with van der Waals surface area (Å²) in [6.07, 6.45) is 0. The van der Waals surface area contributed by atoms with Gasteiger partial charge in [-0.15, -0.1) is 4.83 Å². The molecule has 0 atom stereocenters. The summed E-state index contributed by atoms with van der Waals surface area (Å²) in [5.74, 6) is 0.439. The minimum atomic E-state index is -4.16. The average molecular weight is 426 g/mol. The molecule has 0 bridgehead atoms. The summed E-state index contributed by atoms with van der Waals surface area (Å²) in [6.45, 7) is 0. The third kappa shape index (κ3) is 4.81. The summed E-state index contributed by atoms with van der Waals surface area (Å²) in [4.78, 5) is 14.3. The summed E-state index contributed by atoms with van der Waals surface area (Å²) in [6, 6.07) is 7.03. The van der Waals surface area contributed by atoms with Gasteiger partial charge in [-0.25, -0.2) is 8.42 Å². The van der Waals surface area contributed by atoms with Crippen molar-refractivity contribution in [3.63, 3.8) is 0 Å². The number of benzene rings is 2. The second-order valence-electron chi connectivity index (χ2n) is 5.49. The van der Waals surface area contributed by atoms with Crippen LogP contribution < -0.4 is 33.9 Å². The first-order chi connectivity index (χ1) is 13.8. The van der Waals surface area contributed by atoms with E-state index in [0.717, 1.165) is 0 Å². The van der Waals surface area contributed by atoms with Crippen molar-refractivity contribution < 1.29 is 36.9 Å². The van der Waals surface area contributed by atoms with E-state index in [1.165, 1.54) is 59.8 Å². The Morgan fingerprint density at radius 2 is 1.38 bits per heavy atom. The van der Waals surface area contributed by atoms with Crippen molar-refractivity contribution in [1.82, 2.24) is 10.3 Å². The topological polar surface area (TPSA) is 121 Å². The number of hydrogen-bond donors (Lipinski definition) is 2. The number of carbonyl (C=O) groups excluding carboxylic acids is 1. The molecule has 2 rings (SSSR count). The summed E-state index contributed by atoms with van der Waals surface area (Å²) < 4.78 is 50.9. The SMILES string of the molecule is COc1ccc(OC)c(S(=O)(=O)NNC(=O)c2cc(OC)c(OC)c(OC)c2)c1. The first-order valence-corrected chi connectivity index (χ1v) is 9.63. The molecule has 0 saturated heterocycles. The van der Waals surface area contributed by atoms with Crippen molar-refractivity contribution >= 4 is 15.9 Å². The number of methoxy groups -OCH3 is 5. The summed E-state index contributed by atoms with van der Waals surface area (Å²) >= 11 is 0. The van der Waals surface area contributed by atoms with E-state index >= 15 is 0 Å². The smallest absolute Gasteiger partial charge is 0.266 e. The fraction of sp³-hybridized carbons (Fsp3) is 0.278. The lowest BCUT2D eigenvalue weighted by Crippen LogP contribution is -2.41. The second-order valence-corrected chi connectivity index (χ2v) is 7.14. The number of hydrazine groups is 1. The Hall–Kier alpha value is -3.18. The Morgan fingerprint density at radius 3 is 1.86 bits per heavy atom. The quantitative estimate of drug-likeness (QED) is 0.577. The number of ether oxygens (including phenoxy) is 5. The van der Waals surface area contributed by atoms with Gasteiger partial charge in [0, 0.05) is 11.6 Å². The van der Waals surface area contributed by atoms with Crippen molar-refractivity contribution in [3.05, 3.63) is 35.9 Å². The van der Waals surface area contributed by atoms with Crippen LogP contribution in [0.2, 0.25) is 0 Å². The molecule has 0 fully saturated rings. The van der Waals surface area contributed by atoms with Gasteiger partial charge in [-0.1, -0.05) is 0 Å². The maximum Gasteiger partial charge on any atom is 0.266 e. The highest BCUT2D eigenvalue weighted by Gasteiger charge is 2.23. The lowest BCUT2D eigenvalue weighted by atomic mass is 10.1. The van der Waals surface area contributed by atoms with Crippen LogP contribution in [0, 0.1) is 0 Å². The van der Waals surface area contributed by atoms with Gasteiger partial charge < -0.3 is 23.7 Å². The molecule has 2 N–H and O–H groups in total. The fourth-order valence-corrected chi connectivity index (χ4v) is 3.47. The van der Waals surface area contributed by atoms with Gasteiger partial charge in [0.25, 0.3) is 15.9 Å². The second kappa shape index (κ2) is 9.34. The molecule has 1 amide bonds. The molecule has 11 heteroatoms. The van der Waals surface area contributed by atoms with E-state index in [-0.39, 0.29) is 27.7 Å². The molecule has 0 spiro atoms. The van der Waals surface area contributed by atoms with E-state index in [0.29, 0.717) is 11.5 Å². The van der Waals surface area contributed by atoms with Crippen LogP contribution in [0.1, 0.15) is 10.4 Å². The van der Waals surface area contributed by atoms with Gasteiger partial charge in [-0.05, 0) is 24.3 Å². The molecule has 158 valence electrons. The Balaban J connectivity index is 2.29. The fourth-order valence-electron chi connectivity index (χ4n) is 2.45. The Morgan fingerprint density at radius 1 is 0.793 bits per heavy atom. The van der Waals surface area contributed by atoms with Crippen molar-refractivity contribution in [1.29, 1.82) is 0 Å². The summed E-state index contributed by atoms with van der Waals surface area (Å²) in [5.41, 5.74) is 2.22. The lowest BCUT2D eigenvalue weighted by molar-refractivity contribution is 0.0944. The minimum Gasteiger partial charge on any atom is -0.497 e. The van der Waals surface area contributed by atoms with Gasteiger partial charge in [-0.3, -0.25) is 10.2 Å². The molecule has 0 unspecified atom stereocenters. The lowest BCUT2D eigenvalue weighted by Gasteiger charge is -2.15. The predicted octanol–water partition coefficient (Wildman–Crippen LogP) is 1.35. The van der Waals surface area contributed by atoms with Crippen LogP contribution >= 0.6 is 0 Å². The van der Waals surface area contributed by atoms with Crippen LogP contribution in [0.5, 0.6) is 28.7 Å². The molecule has 29 heavy (non-hydrogen) atoms. The molecule has 0 aliphatic rings. The molecular weight excluding hydrogens is 404 g/mol. The van der Waals surface area contributed by atoms with E-state index in [4.69, 9.17) is 23.7 Å². The van der Waals surface area contributed by atoms with Crippen LogP contribution in [-0.2, 0) is 10.0 Å². The van der Waals surface area contributed by atoms with Crippen LogP contribution in [0.3, 0.4) is 0 Å². The number of amides is 1. The summed E-state index contributed by atoms with van der Waals surface area (Å²) in [5, 5.41) is 0. The van der Waals surface area contributed by atoms with Gasteiger partial charge >= 0.3 is 0 Å². The van der Waals surface area contributed by atoms with E-state index in [1.54, 1.807) is 6.07 Å². The van der Waals surface area contributed by atoms with E-state index in [1.807, 2.05) is 4.83 Å². The van der Waals surface area contributed by atoms with Crippen molar-refractivity contribution in [2.45, 2.75) is 4.90 Å². The molecular formula is C18H22N2O8S. The van der Waals surface area contributed by atoms with E-state index in [9.17, 15) is 13.2 Å². The van der Waals surface area contributed by atoms with E-state index in [2.05, 4.69) is 5.43 Å². The van der Waals surface area contributed by atoms with Crippen LogP contribution in [-0.4, -0.2) is 49.9 Å². The molecule has 0 aromatic heterocycles. The Bertz CT molecular complexity index is 966. The zero-order valence-corrected chi connectivity index (χ0v) is 17.4. The number of nitrogens with one attached hydrogen (secondary N) is 2. The van der Waals surface area contributed by atoms with E-state index < -0.39 is 15.9 Å². The minimum absolute atomic E-state index is 0.0832. The normalized spacial score (nSPS) is 10.8. The van der Waals surface area contributed by atoms with Gasteiger partial charge in [0.15, 0.2) is 11.5 Å². The first kappa shape index (κ1) is 22.1. The molecule has 0 aliphatic carbocycles. The number of carbonyl (C=O) groups is 1. The maximum atomic E-state index is 12.6. The zero-order chi connectivity index (χ0) is 21.6. The van der Waals surface area contributed by atoms with Crippen LogP contribution in [0.15, 0.2) is 35.2 Å². The molecule has 2 aromatic carbocycles. The largest absolute Gasteiger partial charge is 0.497 e. The van der Waals surface area contributed by atoms with Gasteiger partial charge in [-0.2, -0.15) is 0 Å². The number of hydrogen-bond acceptors (Lipinski definition) is 8. The zero-order valence-electron chi connectivity index (χ0n) is 16.6. The van der Waals surface area contributed by atoms with Gasteiger partial charge in [0.1, 0.15) is 16.4 Å². The average Bonchev–Trinajstić information content (AvgIpc) is 2.75. The number of sulfonamides is 1. The highest BCUT2D eigenvalue weighted by atomic mass is 32.2. The van der Waals surface area contributed by atoms with Crippen molar-refractivity contribution in [2.24, 2.45) is 0 Å². The highest BCUT2D eigenvalue weighted by molar-refractivity contribution is 7.89. The standard InChI is InChI=1S/C18H22N2O8S/c1-24-12-6-7-13(25-2)16(10-12)29(22,23)20-19-18(21)11-8-14(26-3)17(28-5)15(9-11)27-4/h6-10,20H,1-5H3,(H,19,21). The molecule has 0 saturated carbocycles. The van der Waals surface area contributed by atoms with Gasteiger partial charge in [0.2, 0.25) is 5.75 Å². The monoisotopic (exact) mass is 426 g/mol. The Labute approximate surface area is 168 Å². The Kier molecular flexibility index (Phi) is 7.13. The first-order valence-electron chi connectivity index (χ1n) is 8.15. The molecule has 10 nitrogen and oxygen atoms in total. The summed E-state index contributed by atoms with van der Waals surface area (Å²) in [7, 11) is 2.80.